The van der Waals surface area contributed by atoms with E-state index in [9.17, 15) is 9.59 Å². The number of anilines is 2. The van der Waals surface area contributed by atoms with Crippen molar-refractivity contribution < 1.29 is 9.53 Å². The number of aromatic amines is 1. The topological polar surface area (TPSA) is 100 Å². The van der Waals surface area contributed by atoms with Crippen molar-refractivity contribution in [2.45, 2.75) is 40.3 Å². The number of halogens is 1. The van der Waals surface area contributed by atoms with Gasteiger partial charge in [0.15, 0.2) is 0 Å². The molecule has 1 aliphatic heterocycles. The Morgan fingerprint density at radius 3 is 2.80 bits per heavy atom. The quantitative estimate of drug-likeness (QED) is 0.579. The molecule has 1 aliphatic rings. The lowest BCUT2D eigenvalue weighted by Crippen LogP contribution is -2.37. The lowest BCUT2D eigenvalue weighted by molar-refractivity contribution is 0.177. The summed E-state index contributed by atoms with van der Waals surface area (Å²) in [7, 11) is 0. The second-order valence-corrected chi connectivity index (χ2v) is 8.48. The van der Waals surface area contributed by atoms with Crippen molar-refractivity contribution >= 4 is 51.2 Å². The molecule has 30 heavy (non-hydrogen) atoms. The van der Waals surface area contributed by atoms with Crippen LogP contribution in [-0.4, -0.2) is 33.1 Å². The van der Waals surface area contributed by atoms with Crippen LogP contribution in [0.3, 0.4) is 0 Å². The van der Waals surface area contributed by atoms with E-state index in [1.54, 1.807) is 29.2 Å². The Kier molecular flexibility index (Phi) is 6.33. The molecule has 2 aromatic heterocycles. The summed E-state index contributed by atoms with van der Waals surface area (Å²) < 4.78 is 9.47. The number of nitrogens with zero attached hydrogens (tertiary/aromatic N) is 3. The van der Waals surface area contributed by atoms with Crippen LogP contribution in [0.4, 0.5) is 15.9 Å². The third-order valence-corrected chi connectivity index (χ3v) is 5.89. The molecule has 0 unspecified atom stereocenters. The average Bonchev–Trinajstić information content (AvgIpc) is 3.27. The van der Waals surface area contributed by atoms with Crippen molar-refractivity contribution in [3.63, 3.8) is 0 Å². The molecule has 0 radical (unpaired) electrons. The Balaban J connectivity index is 0.00000256. The van der Waals surface area contributed by atoms with Gasteiger partial charge in [0, 0.05) is 33.0 Å². The SMILES string of the molecule is C.CC(C)[C@H]1COC(=O)N1c1nc(N[C@@H](C)c2cc3cc(Cl)ccc3[nH]c2=O)ns1. The van der Waals surface area contributed by atoms with Gasteiger partial charge in [-0.3, -0.25) is 4.79 Å². The molecule has 0 aliphatic carbocycles. The van der Waals surface area contributed by atoms with Gasteiger partial charge in [0.05, 0.1) is 12.1 Å². The number of carbonyl (C=O) groups excluding carboxylic acids is 1. The lowest BCUT2D eigenvalue weighted by atomic mass is 10.1. The molecule has 2 N–H and O–H groups in total. The van der Waals surface area contributed by atoms with Crippen molar-refractivity contribution in [2.75, 3.05) is 16.8 Å². The second-order valence-electron chi connectivity index (χ2n) is 7.31. The van der Waals surface area contributed by atoms with Crippen LogP contribution in [0.25, 0.3) is 10.9 Å². The molecular weight excluding hydrogens is 426 g/mol. The summed E-state index contributed by atoms with van der Waals surface area (Å²) in [6, 6.07) is 6.68. The Labute approximate surface area is 183 Å². The molecule has 2 atom stereocenters. The van der Waals surface area contributed by atoms with Gasteiger partial charge in [-0.25, -0.2) is 9.69 Å². The van der Waals surface area contributed by atoms with Crippen molar-refractivity contribution in [3.05, 3.63) is 45.2 Å². The molecule has 0 spiro atoms. The van der Waals surface area contributed by atoms with Crippen LogP contribution in [0, 0.1) is 5.92 Å². The van der Waals surface area contributed by atoms with E-state index in [4.69, 9.17) is 16.3 Å². The Morgan fingerprint density at radius 1 is 1.30 bits per heavy atom. The number of fused-ring (bicyclic) bond motifs is 1. The number of carbonyl (C=O) groups is 1. The Hall–Kier alpha value is -2.65. The first kappa shape index (κ1) is 22.0. The average molecular weight is 450 g/mol. The fourth-order valence-corrected chi connectivity index (χ4v) is 4.17. The van der Waals surface area contributed by atoms with Gasteiger partial charge in [-0.2, -0.15) is 9.36 Å². The number of aromatic nitrogens is 3. The summed E-state index contributed by atoms with van der Waals surface area (Å²) >= 11 is 7.18. The van der Waals surface area contributed by atoms with Crippen molar-refractivity contribution in [1.82, 2.24) is 14.3 Å². The molecule has 3 aromatic rings. The number of benzene rings is 1. The standard InChI is InChI=1S/C19H20ClN5O3S.CH4/c1-9(2)15-8-28-19(27)25(15)18-23-17(24-29-18)21-10(3)13-7-11-6-12(20)4-5-14(11)22-16(13)26;/h4-7,9-10,15H,8H2,1-3H3,(H,21,24)(H,22,26);1H4/t10-,15+;/m0./s1. The van der Waals surface area contributed by atoms with Crippen LogP contribution in [0.15, 0.2) is 29.1 Å². The van der Waals surface area contributed by atoms with Crippen LogP contribution in [0.5, 0.6) is 0 Å². The zero-order valence-corrected chi connectivity index (χ0v) is 17.7. The van der Waals surface area contributed by atoms with Gasteiger partial charge in [0.25, 0.3) is 5.56 Å². The van der Waals surface area contributed by atoms with Gasteiger partial charge >= 0.3 is 6.09 Å². The summed E-state index contributed by atoms with van der Waals surface area (Å²) in [5.41, 5.74) is 1.06. The fourth-order valence-electron chi connectivity index (χ4n) is 3.31. The zero-order chi connectivity index (χ0) is 20.7. The minimum Gasteiger partial charge on any atom is -0.447 e. The van der Waals surface area contributed by atoms with E-state index in [0.717, 1.165) is 22.4 Å². The van der Waals surface area contributed by atoms with Gasteiger partial charge in [-0.1, -0.05) is 32.9 Å². The Bertz CT molecular complexity index is 1130. The summed E-state index contributed by atoms with van der Waals surface area (Å²) in [6.45, 7) is 6.24. The van der Waals surface area contributed by atoms with Crippen LogP contribution in [0.1, 0.15) is 39.8 Å². The van der Waals surface area contributed by atoms with E-state index in [0.29, 0.717) is 28.3 Å². The van der Waals surface area contributed by atoms with Crippen LogP contribution < -0.4 is 15.8 Å². The van der Waals surface area contributed by atoms with Crippen LogP contribution >= 0.6 is 23.1 Å². The third kappa shape index (κ3) is 4.13. The number of pyridine rings is 1. The molecule has 1 fully saturated rings. The number of ether oxygens (including phenoxy) is 1. The Morgan fingerprint density at radius 2 is 2.07 bits per heavy atom. The highest BCUT2D eigenvalue weighted by atomic mass is 35.5. The van der Waals surface area contributed by atoms with E-state index in [1.807, 2.05) is 20.8 Å². The molecule has 1 saturated heterocycles. The fraction of sp³-hybridized carbons (Fsp3) is 0.400. The van der Waals surface area contributed by atoms with Crippen LogP contribution in [-0.2, 0) is 4.74 Å². The molecular formula is C20H24ClN5O3S. The normalized spacial score (nSPS) is 17.2. The molecule has 3 heterocycles. The number of rotatable bonds is 5. The number of hydrogen-bond donors (Lipinski definition) is 2. The monoisotopic (exact) mass is 449 g/mol. The molecule has 1 amide bonds. The summed E-state index contributed by atoms with van der Waals surface area (Å²) in [5, 5.41) is 5.05. The molecule has 0 saturated carbocycles. The number of amides is 1. The summed E-state index contributed by atoms with van der Waals surface area (Å²) in [6.07, 6.45) is -0.415. The zero-order valence-electron chi connectivity index (χ0n) is 16.1. The highest BCUT2D eigenvalue weighted by Crippen LogP contribution is 2.30. The molecule has 1 aromatic carbocycles. The van der Waals surface area contributed by atoms with E-state index < -0.39 is 6.09 Å². The maximum atomic E-state index is 12.5. The molecule has 160 valence electrons. The highest BCUT2D eigenvalue weighted by molar-refractivity contribution is 7.10. The summed E-state index contributed by atoms with van der Waals surface area (Å²) in [5.74, 6) is 0.578. The molecule has 4 rings (SSSR count). The third-order valence-electron chi connectivity index (χ3n) is 4.94. The van der Waals surface area contributed by atoms with Crippen molar-refractivity contribution in [3.8, 4) is 0 Å². The maximum absolute atomic E-state index is 12.5. The number of hydrogen-bond acceptors (Lipinski definition) is 7. The lowest BCUT2D eigenvalue weighted by Gasteiger charge is -2.21. The van der Waals surface area contributed by atoms with Crippen molar-refractivity contribution in [1.29, 1.82) is 0 Å². The molecule has 10 heteroatoms. The first-order valence-corrected chi connectivity index (χ1v) is 10.4. The number of H-pyrrole nitrogens is 1. The van der Waals surface area contributed by atoms with Crippen molar-refractivity contribution in [2.24, 2.45) is 5.92 Å². The highest BCUT2D eigenvalue weighted by Gasteiger charge is 2.38. The first-order valence-electron chi connectivity index (χ1n) is 9.22. The molecule has 0 bridgehead atoms. The predicted molar refractivity (Wildman–Crippen MR) is 121 cm³/mol. The van der Waals surface area contributed by atoms with Gasteiger partial charge in [-0.15, -0.1) is 0 Å². The van der Waals surface area contributed by atoms with Gasteiger partial charge in [0.2, 0.25) is 11.1 Å². The minimum absolute atomic E-state index is 0. The van der Waals surface area contributed by atoms with Crippen LogP contribution in [0.2, 0.25) is 5.02 Å². The largest absolute Gasteiger partial charge is 0.447 e. The molecule has 8 nitrogen and oxygen atoms in total. The van der Waals surface area contributed by atoms with E-state index >= 15 is 0 Å². The van der Waals surface area contributed by atoms with E-state index in [-0.39, 0.29) is 31.0 Å². The van der Waals surface area contributed by atoms with Gasteiger partial charge in [-0.05, 0) is 37.1 Å². The smallest absolute Gasteiger partial charge is 0.416 e. The van der Waals surface area contributed by atoms with E-state index in [2.05, 4.69) is 19.7 Å². The minimum atomic E-state index is -0.415. The second kappa shape index (κ2) is 8.61. The first-order chi connectivity index (χ1) is 13.8. The number of nitrogens with one attached hydrogen (secondary N) is 2. The van der Waals surface area contributed by atoms with Gasteiger partial charge < -0.3 is 15.0 Å². The van der Waals surface area contributed by atoms with E-state index in [1.165, 1.54) is 0 Å². The summed E-state index contributed by atoms with van der Waals surface area (Å²) in [4.78, 5) is 33.4. The maximum Gasteiger partial charge on any atom is 0.416 e. The number of cyclic esters (lactones) is 1. The van der Waals surface area contributed by atoms with Gasteiger partial charge in [0.1, 0.15) is 6.61 Å². The predicted octanol–water partition coefficient (Wildman–Crippen LogP) is 4.82.